The van der Waals surface area contributed by atoms with Gasteiger partial charge >= 0.3 is 102 Å². The monoisotopic (exact) mass is 370 g/mol. The molecule has 14 heavy (non-hydrogen) atoms. The number of aromatic hydroxyl groups is 1. The van der Waals surface area contributed by atoms with Crippen molar-refractivity contribution in [3.05, 3.63) is 29.3 Å². The maximum atomic E-state index is 11.4. The van der Waals surface area contributed by atoms with Gasteiger partial charge in [-0.2, -0.15) is 0 Å². The average Bonchev–Trinajstić information content (AvgIpc) is 2.17. The molecule has 0 aromatic heterocycles. The van der Waals surface area contributed by atoms with Crippen LogP contribution in [0.4, 0.5) is 0 Å². The van der Waals surface area contributed by atoms with Crippen molar-refractivity contribution in [2.24, 2.45) is 0 Å². The molecule has 0 aliphatic carbocycles. The molecule has 2 N–H and O–H groups in total. The van der Waals surface area contributed by atoms with Crippen LogP contribution in [0, 0.1) is 0 Å². The first kappa shape index (κ1) is 11.8. The van der Waals surface area contributed by atoms with Gasteiger partial charge in [0.05, 0.1) is 0 Å². The van der Waals surface area contributed by atoms with Crippen LogP contribution in [-0.2, 0) is 5.33 Å². The molecule has 0 aliphatic heterocycles. The fourth-order valence-corrected chi connectivity index (χ4v) is 2.12. The van der Waals surface area contributed by atoms with Gasteiger partial charge in [-0.3, -0.25) is 0 Å². The van der Waals surface area contributed by atoms with Crippen molar-refractivity contribution >= 4 is 21.8 Å². The van der Waals surface area contributed by atoms with Crippen molar-refractivity contribution in [3.63, 3.8) is 0 Å². The molecule has 0 heterocycles. The van der Waals surface area contributed by atoms with E-state index in [4.69, 9.17) is 0 Å². The Morgan fingerprint density at radius 1 is 1.64 bits per heavy atom. The van der Waals surface area contributed by atoms with Gasteiger partial charge in [-0.1, -0.05) is 0 Å². The molecule has 1 rings (SSSR count). The Morgan fingerprint density at radius 2 is 2.36 bits per heavy atom. The second-order valence-corrected chi connectivity index (χ2v) is 4.78. The van der Waals surface area contributed by atoms with E-state index in [1.807, 2.05) is 11.0 Å². The Labute approximate surface area is 102 Å². The fourth-order valence-electron chi connectivity index (χ4n) is 0.989. The standard InChI is InChI=1S/C9H10BrINO2/c1-11-12-9(14)7-3-2-6(5-10)4-8(7)13/h2-4,13H,5H2,1H3,(H,12,14)/q-1. The average molecular weight is 371 g/mol. The number of phenolic OH excluding ortho intramolecular Hbond substituents is 1. The molecule has 78 valence electrons. The molecule has 1 amide bonds. The van der Waals surface area contributed by atoms with Crippen molar-refractivity contribution < 1.29 is 31.4 Å². The number of benzene rings is 1. The van der Waals surface area contributed by atoms with Crippen LogP contribution >= 0.6 is 15.9 Å². The molecule has 0 unspecified atom stereocenters. The number of carbonyl (C=O) groups excluding carboxylic acids is 1. The van der Waals surface area contributed by atoms with Crippen LogP contribution in [0.1, 0.15) is 15.9 Å². The van der Waals surface area contributed by atoms with Gasteiger partial charge < -0.3 is 0 Å². The molecule has 3 nitrogen and oxygen atoms in total. The van der Waals surface area contributed by atoms with Crippen LogP contribution in [-0.4, -0.2) is 15.9 Å². The second kappa shape index (κ2) is 5.55. The van der Waals surface area contributed by atoms with E-state index >= 15 is 0 Å². The summed E-state index contributed by atoms with van der Waals surface area (Å²) < 4.78 is 2.74. The summed E-state index contributed by atoms with van der Waals surface area (Å²) in [6.07, 6.45) is 0. The van der Waals surface area contributed by atoms with Gasteiger partial charge in [-0.15, -0.1) is 0 Å². The molecule has 1 aromatic rings. The van der Waals surface area contributed by atoms with Crippen molar-refractivity contribution in [1.82, 2.24) is 3.53 Å². The topological polar surface area (TPSA) is 49.3 Å². The first-order chi connectivity index (χ1) is 6.69. The maximum absolute atomic E-state index is 11.4. The number of nitrogens with one attached hydrogen (secondary N) is 1. The summed E-state index contributed by atoms with van der Waals surface area (Å²) in [6, 6.07) is 5.05. The van der Waals surface area contributed by atoms with E-state index < -0.39 is 0 Å². The first-order valence-electron chi connectivity index (χ1n) is 3.85. The molecule has 0 bridgehead atoms. The Hall–Kier alpha value is -0.300. The van der Waals surface area contributed by atoms with E-state index in [1.165, 1.54) is 0 Å². The van der Waals surface area contributed by atoms with Crippen LogP contribution in [0.5, 0.6) is 5.75 Å². The Bertz CT molecular complexity index is 344. The molecule has 0 spiro atoms. The molecule has 0 saturated heterocycles. The zero-order valence-electron chi connectivity index (χ0n) is 7.55. The van der Waals surface area contributed by atoms with E-state index in [1.54, 1.807) is 12.1 Å². The summed E-state index contributed by atoms with van der Waals surface area (Å²) in [4.78, 5) is 13.4. The van der Waals surface area contributed by atoms with Crippen LogP contribution in [0.15, 0.2) is 18.2 Å². The Morgan fingerprint density at radius 3 is 2.86 bits per heavy atom. The molecule has 1 aromatic carbocycles. The van der Waals surface area contributed by atoms with Gasteiger partial charge in [0.15, 0.2) is 0 Å². The molecule has 0 radical (unpaired) electrons. The number of halogens is 2. The first-order valence-corrected chi connectivity index (χ1v) is 8.21. The van der Waals surface area contributed by atoms with E-state index in [2.05, 4.69) is 19.5 Å². The molecule has 0 atom stereocenters. The molecule has 0 fully saturated rings. The van der Waals surface area contributed by atoms with Crippen LogP contribution in [0.2, 0.25) is 0 Å². The predicted octanol–water partition coefficient (Wildman–Crippen LogP) is -1.35. The minimum atomic E-state index is -0.303. The number of amides is 1. The van der Waals surface area contributed by atoms with Gasteiger partial charge in [0.2, 0.25) is 0 Å². The Kier molecular flexibility index (Phi) is 4.67. The van der Waals surface area contributed by atoms with Crippen molar-refractivity contribution in [2.45, 2.75) is 5.33 Å². The second-order valence-electron chi connectivity index (χ2n) is 2.60. The number of phenols is 1. The SMILES string of the molecule is C[I-]NC(=O)c1ccc(CBr)cc1O. The zero-order chi connectivity index (χ0) is 10.6. The fraction of sp³-hybridized carbons (Fsp3) is 0.222. The van der Waals surface area contributed by atoms with Gasteiger partial charge in [-0.05, 0) is 0 Å². The molecule has 0 aliphatic rings. The molecular formula is C9H10BrINO2-. The number of alkyl halides is 2. The van der Waals surface area contributed by atoms with Crippen molar-refractivity contribution in [1.29, 1.82) is 0 Å². The number of hydrogen-bond donors (Lipinski definition) is 2. The summed E-state index contributed by atoms with van der Waals surface area (Å²) in [6.45, 7) is 0. The zero-order valence-corrected chi connectivity index (χ0v) is 11.3. The van der Waals surface area contributed by atoms with Crippen LogP contribution in [0.3, 0.4) is 0 Å². The third-order valence-corrected chi connectivity index (χ3v) is 3.32. The summed E-state index contributed by atoms with van der Waals surface area (Å²) >= 11 is 2.97. The number of hydrogen-bond acceptors (Lipinski definition) is 2. The third kappa shape index (κ3) is 2.84. The van der Waals surface area contributed by atoms with Gasteiger partial charge in [-0.25, -0.2) is 0 Å². The van der Waals surface area contributed by atoms with Crippen molar-refractivity contribution in [2.75, 3.05) is 4.93 Å². The quantitative estimate of drug-likeness (QED) is 0.393. The van der Waals surface area contributed by atoms with E-state index in [-0.39, 0.29) is 33.1 Å². The summed E-state index contributed by atoms with van der Waals surface area (Å²) in [5, 5.41) is 10.2. The normalized spacial score (nSPS) is 10.1. The van der Waals surface area contributed by atoms with Crippen LogP contribution < -0.4 is 25.0 Å². The Balaban J connectivity index is 2.94. The van der Waals surface area contributed by atoms with E-state index in [0.717, 1.165) is 5.56 Å². The van der Waals surface area contributed by atoms with E-state index in [9.17, 15) is 9.90 Å². The molecule has 0 saturated carbocycles. The summed E-state index contributed by atoms with van der Waals surface area (Å²) in [7, 11) is 0. The number of rotatable bonds is 3. The van der Waals surface area contributed by atoms with Gasteiger partial charge in [0.25, 0.3) is 0 Å². The molecule has 5 heteroatoms. The summed E-state index contributed by atoms with van der Waals surface area (Å²) in [5.41, 5.74) is 1.29. The van der Waals surface area contributed by atoms with E-state index in [0.29, 0.717) is 10.9 Å². The third-order valence-electron chi connectivity index (χ3n) is 1.64. The van der Waals surface area contributed by atoms with Gasteiger partial charge in [0, 0.05) is 0 Å². The van der Waals surface area contributed by atoms with Gasteiger partial charge in [0.1, 0.15) is 0 Å². The molecular weight excluding hydrogens is 361 g/mol. The summed E-state index contributed by atoms with van der Waals surface area (Å²) in [5.74, 6) is -0.157. The predicted molar refractivity (Wildman–Crippen MR) is 54.1 cm³/mol. The van der Waals surface area contributed by atoms with Crippen LogP contribution in [0.25, 0.3) is 0 Å². The number of carbonyl (C=O) groups is 1. The van der Waals surface area contributed by atoms with Crippen molar-refractivity contribution in [3.8, 4) is 5.75 Å². The minimum absolute atomic E-state index is 0.0388.